The third-order valence-electron chi connectivity index (χ3n) is 3.58. The quantitative estimate of drug-likeness (QED) is 0.807. The minimum absolute atomic E-state index is 0.0605. The molecule has 4 heteroatoms. The summed E-state index contributed by atoms with van der Waals surface area (Å²) in [5.74, 6) is 0.0605. The zero-order valence-electron chi connectivity index (χ0n) is 10.7. The standard InChI is InChI=1S/C15H17NO3/c17-8-7-16(11-5-6-11)9-14(18)13-10-19-15-4-2-1-3-12(13)15/h1-4,10-11,17H,5-9H2. The second-order valence-corrected chi connectivity index (χ2v) is 4.99. The Morgan fingerprint density at radius 3 is 2.89 bits per heavy atom. The Morgan fingerprint density at radius 1 is 1.37 bits per heavy atom. The lowest BCUT2D eigenvalue weighted by molar-refractivity contribution is 0.0908. The highest BCUT2D eigenvalue weighted by Gasteiger charge is 2.30. The van der Waals surface area contributed by atoms with Crippen LogP contribution in [0.25, 0.3) is 11.0 Å². The molecule has 0 unspecified atom stereocenters. The summed E-state index contributed by atoms with van der Waals surface area (Å²) in [6, 6.07) is 8.02. The van der Waals surface area contributed by atoms with Crippen molar-refractivity contribution in [2.45, 2.75) is 18.9 Å². The first-order valence-electron chi connectivity index (χ1n) is 6.64. The van der Waals surface area contributed by atoms with Gasteiger partial charge in [0.25, 0.3) is 0 Å². The van der Waals surface area contributed by atoms with Crippen molar-refractivity contribution in [1.29, 1.82) is 0 Å². The number of nitrogens with zero attached hydrogens (tertiary/aromatic N) is 1. The second-order valence-electron chi connectivity index (χ2n) is 4.99. The highest BCUT2D eigenvalue weighted by Crippen LogP contribution is 2.27. The number of aliphatic hydroxyl groups excluding tert-OH is 1. The molecule has 1 aromatic carbocycles. The minimum Gasteiger partial charge on any atom is -0.464 e. The lowest BCUT2D eigenvalue weighted by Gasteiger charge is -2.19. The first kappa shape index (κ1) is 12.4. The van der Waals surface area contributed by atoms with Crippen molar-refractivity contribution in [3.8, 4) is 0 Å². The number of ketones is 1. The molecule has 1 saturated carbocycles. The Hall–Kier alpha value is -1.65. The van der Waals surface area contributed by atoms with E-state index in [-0.39, 0.29) is 12.4 Å². The van der Waals surface area contributed by atoms with Gasteiger partial charge in [-0.1, -0.05) is 18.2 Å². The highest BCUT2D eigenvalue weighted by molar-refractivity contribution is 6.08. The number of carbonyl (C=O) groups excluding carboxylic acids is 1. The summed E-state index contributed by atoms with van der Waals surface area (Å²) in [5, 5.41) is 9.92. The largest absolute Gasteiger partial charge is 0.464 e. The van der Waals surface area contributed by atoms with Gasteiger partial charge < -0.3 is 9.52 Å². The summed E-state index contributed by atoms with van der Waals surface area (Å²) >= 11 is 0. The maximum atomic E-state index is 12.4. The first-order valence-corrected chi connectivity index (χ1v) is 6.64. The molecule has 0 bridgehead atoms. The van der Waals surface area contributed by atoms with Gasteiger partial charge in [-0.05, 0) is 18.9 Å². The van der Waals surface area contributed by atoms with Crippen LogP contribution in [0.5, 0.6) is 0 Å². The third kappa shape index (κ3) is 2.55. The number of rotatable bonds is 6. The summed E-state index contributed by atoms with van der Waals surface area (Å²) in [5.41, 5.74) is 1.38. The van der Waals surface area contributed by atoms with Gasteiger partial charge in [-0.3, -0.25) is 9.69 Å². The predicted octanol–water partition coefficient (Wildman–Crippen LogP) is 2.07. The molecule has 0 aliphatic heterocycles. The van der Waals surface area contributed by atoms with Crippen molar-refractivity contribution in [2.24, 2.45) is 0 Å². The van der Waals surface area contributed by atoms with E-state index in [9.17, 15) is 4.79 Å². The zero-order valence-corrected chi connectivity index (χ0v) is 10.7. The van der Waals surface area contributed by atoms with Crippen LogP contribution in [0, 0.1) is 0 Å². The topological polar surface area (TPSA) is 53.7 Å². The van der Waals surface area contributed by atoms with Gasteiger partial charge in [0.2, 0.25) is 0 Å². The van der Waals surface area contributed by atoms with Crippen LogP contribution in [0.3, 0.4) is 0 Å². The number of furan rings is 1. The molecule has 1 heterocycles. The van der Waals surface area contributed by atoms with Crippen LogP contribution in [-0.4, -0.2) is 41.5 Å². The molecule has 1 aromatic heterocycles. The lowest BCUT2D eigenvalue weighted by atomic mass is 10.1. The molecule has 1 N–H and O–H groups in total. The lowest BCUT2D eigenvalue weighted by Crippen LogP contribution is -2.34. The van der Waals surface area contributed by atoms with Crippen LogP contribution in [0.1, 0.15) is 23.2 Å². The summed E-state index contributed by atoms with van der Waals surface area (Å²) < 4.78 is 5.40. The van der Waals surface area contributed by atoms with Crippen LogP contribution in [0.2, 0.25) is 0 Å². The maximum Gasteiger partial charge on any atom is 0.180 e. The summed E-state index contributed by atoms with van der Waals surface area (Å²) in [4.78, 5) is 14.4. The molecular formula is C15H17NO3. The summed E-state index contributed by atoms with van der Waals surface area (Å²) in [7, 11) is 0. The van der Waals surface area contributed by atoms with E-state index >= 15 is 0 Å². The molecule has 0 spiro atoms. The first-order chi connectivity index (χ1) is 9.29. The van der Waals surface area contributed by atoms with Crippen LogP contribution in [0.4, 0.5) is 0 Å². The van der Waals surface area contributed by atoms with E-state index < -0.39 is 0 Å². The molecule has 0 saturated heterocycles. The number of para-hydroxylation sites is 1. The fourth-order valence-corrected chi connectivity index (χ4v) is 2.42. The van der Waals surface area contributed by atoms with E-state index in [1.54, 1.807) is 0 Å². The van der Waals surface area contributed by atoms with Gasteiger partial charge in [0.05, 0.1) is 18.7 Å². The number of Topliss-reactive ketones (excluding diaryl/α,β-unsaturated/α-hetero) is 1. The number of fused-ring (bicyclic) bond motifs is 1. The molecule has 3 rings (SSSR count). The Bertz CT molecular complexity index is 586. The van der Waals surface area contributed by atoms with Crippen molar-refractivity contribution in [3.05, 3.63) is 36.1 Å². The number of hydrogen-bond acceptors (Lipinski definition) is 4. The van der Waals surface area contributed by atoms with Crippen LogP contribution < -0.4 is 0 Å². The van der Waals surface area contributed by atoms with E-state index in [4.69, 9.17) is 9.52 Å². The molecule has 100 valence electrons. The average molecular weight is 259 g/mol. The molecule has 0 radical (unpaired) electrons. The normalized spacial score (nSPS) is 15.3. The van der Waals surface area contributed by atoms with Crippen molar-refractivity contribution >= 4 is 16.8 Å². The zero-order chi connectivity index (χ0) is 13.2. The third-order valence-corrected chi connectivity index (χ3v) is 3.58. The number of hydrogen-bond donors (Lipinski definition) is 1. The SMILES string of the molecule is O=C(CN(CCO)C1CC1)c1coc2ccccc12. The van der Waals surface area contributed by atoms with Gasteiger partial charge in [0.15, 0.2) is 5.78 Å². The van der Waals surface area contributed by atoms with E-state index in [0.717, 1.165) is 23.8 Å². The second kappa shape index (κ2) is 5.15. The fourth-order valence-electron chi connectivity index (χ4n) is 2.42. The molecule has 19 heavy (non-hydrogen) atoms. The van der Waals surface area contributed by atoms with E-state index in [0.29, 0.717) is 24.7 Å². The fraction of sp³-hybridized carbons (Fsp3) is 0.400. The van der Waals surface area contributed by atoms with Gasteiger partial charge in [-0.25, -0.2) is 0 Å². The number of aliphatic hydroxyl groups is 1. The van der Waals surface area contributed by atoms with Crippen LogP contribution >= 0.6 is 0 Å². The van der Waals surface area contributed by atoms with Gasteiger partial charge in [0, 0.05) is 18.0 Å². The monoisotopic (exact) mass is 259 g/mol. The van der Waals surface area contributed by atoms with E-state index in [2.05, 4.69) is 4.90 Å². The van der Waals surface area contributed by atoms with Crippen molar-refractivity contribution < 1.29 is 14.3 Å². The smallest absolute Gasteiger partial charge is 0.180 e. The van der Waals surface area contributed by atoms with Crippen molar-refractivity contribution in [3.63, 3.8) is 0 Å². The molecule has 1 fully saturated rings. The summed E-state index contributed by atoms with van der Waals surface area (Å²) in [6.07, 6.45) is 3.79. The Kier molecular flexibility index (Phi) is 3.36. The van der Waals surface area contributed by atoms with Gasteiger partial charge in [0.1, 0.15) is 11.8 Å². The van der Waals surface area contributed by atoms with Crippen molar-refractivity contribution in [2.75, 3.05) is 19.7 Å². The van der Waals surface area contributed by atoms with E-state index in [1.165, 1.54) is 6.26 Å². The minimum atomic E-state index is 0.0605. The Morgan fingerprint density at radius 2 is 2.16 bits per heavy atom. The molecule has 2 aromatic rings. The van der Waals surface area contributed by atoms with Gasteiger partial charge in [-0.2, -0.15) is 0 Å². The number of carbonyl (C=O) groups is 1. The molecule has 0 atom stereocenters. The van der Waals surface area contributed by atoms with Crippen LogP contribution in [-0.2, 0) is 0 Å². The number of benzene rings is 1. The van der Waals surface area contributed by atoms with Gasteiger partial charge >= 0.3 is 0 Å². The molecule has 4 nitrogen and oxygen atoms in total. The highest BCUT2D eigenvalue weighted by atomic mass is 16.3. The molecular weight excluding hydrogens is 242 g/mol. The van der Waals surface area contributed by atoms with Gasteiger partial charge in [-0.15, -0.1) is 0 Å². The molecule has 0 amide bonds. The van der Waals surface area contributed by atoms with Crippen LogP contribution in [0.15, 0.2) is 34.9 Å². The Balaban J connectivity index is 1.79. The van der Waals surface area contributed by atoms with E-state index in [1.807, 2.05) is 24.3 Å². The maximum absolute atomic E-state index is 12.4. The Labute approximate surface area is 111 Å². The van der Waals surface area contributed by atoms with Crippen molar-refractivity contribution in [1.82, 2.24) is 4.90 Å². The average Bonchev–Trinajstić information content (AvgIpc) is 3.17. The molecule has 1 aliphatic carbocycles. The predicted molar refractivity (Wildman–Crippen MR) is 72.2 cm³/mol. The summed E-state index contributed by atoms with van der Waals surface area (Å²) in [6.45, 7) is 1.01. The molecule has 1 aliphatic rings.